The molecule has 1 aliphatic rings. The van der Waals surface area contributed by atoms with Gasteiger partial charge >= 0.3 is 6.43 Å². The Balaban J connectivity index is 0.000000363. The highest BCUT2D eigenvalue weighted by molar-refractivity contribution is 5.62. The van der Waals surface area contributed by atoms with Gasteiger partial charge < -0.3 is 23.9 Å². The van der Waals surface area contributed by atoms with E-state index in [2.05, 4.69) is 39.1 Å². The fraction of sp³-hybridized carbons (Fsp3) is 0.391. The summed E-state index contributed by atoms with van der Waals surface area (Å²) in [6, 6.07) is 6.99. The molecule has 0 atom stereocenters. The SMILES string of the molecule is CN(Cc1ccc(-c2nnc(C(F)F)o2)cn1)c1cc(F)ccc1OC=O.CN1CCN(C)CC1. The van der Waals surface area contributed by atoms with Crippen LogP contribution in [0.1, 0.15) is 18.0 Å². The topological polar surface area (TPSA) is 87.8 Å². The van der Waals surface area contributed by atoms with Crippen LogP contribution in [0.4, 0.5) is 18.9 Å². The van der Waals surface area contributed by atoms with Gasteiger partial charge in [-0.1, -0.05) is 0 Å². The smallest absolute Gasteiger partial charge is 0.314 e. The van der Waals surface area contributed by atoms with Crippen molar-refractivity contribution in [3.05, 3.63) is 53.9 Å². The van der Waals surface area contributed by atoms with E-state index in [1.165, 1.54) is 50.6 Å². The van der Waals surface area contributed by atoms with Crippen molar-refractivity contribution in [1.82, 2.24) is 25.0 Å². The van der Waals surface area contributed by atoms with Gasteiger partial charge in [0.15, 0.2) is 5.75 Å². The van der Waals surface area contributed by atoms with Gasteiger partial charge in [-0.2, -0.15) is 8.78 Å². The van der Waals surface area contributed by atoms with Crippen molar-refractivity contribution in [2.75, 3.05) is 52.2 Å². The van der Waals surface area contributed by atoms with E-state index in [4.69, 9.17) is 9.15 Å². The van der Waals surface area contributed by atoms with E-state index in [1.54, 1.807) is 24.1 Å². The molecule has 1 aromatic carbocycles. The van der Waals surface area contributed by atoms with Crippen LogP contribution in [0.3, 0.4) is 0 Å². The summed E-state index contributed by atoms with van der Waals surface area (Å²) >= 11 is 0. The molecule has 9 nitrogen and oxygen atoms in total. The first-order chi connectivity index (χ1) is 16.8. The summed E-state index contributed by atoms with van der Waals surface area (Å²) in [5.74, 6) is -1.10. The summed E-state index contributed by atoms with van der Waals surface area (Å²) in [5, 5.41) is 6.81. The molecule has 0 spiro atoms. The maximum Gasteiger partial charge on any atom is 0.314 e. The van der Waals surface area contributed by atoms with Gasteiger partial charge in [0.05, 0.1) is 23.5 Å². The number of rotatable bonds is 7. The number of benzene rings is 1. The number of alkyl halides is 2. The Kier molecular flexibility index (Phi) is 9.15. The van der Waals surface area contributed by atoms with Gasteiger partial charge in [-0.3, -0.25) is 9.78 Å². The number of hydrogen-bond acceptors (Lipinski definition) is 9. The highest BCUT2D eigenvalue weighted by Crippen LogP contribution is 2.29. The largest absolute Gasteiger partial charge is 0.427 e. The molecule has 0 unspecified atom stereocenters. The number of pyridine rings is 1. The Morgan fingerprint density at radius 1 is 1.11 bits per heavy atom. The first kappa shape index (κ1) is 26.1. The highest BCUT2D eigenvalue weighted by atomic mass is 19.3. The van der Waals surface area contributed by atoms with Crippen LogP contribution in [0.5, 0.6) is 5.75 Å². The zero-order valence-electron chi connectivity index (χ0n) is 19.7. The molecule has 0 aliphatic carbocycles. The Bertz CT molecular complexity index is 1080. The second-order valence-electron chi connectivity index (χ2n) is 8.07. The van der Waals surface area contributed by atoms with Gasteiger partial charge in [-0.15, -0.1) is 10.2 Å². The van der Waals surface area contributed by atoms with Gasteiger partial charge in [0.1, 0.15) is 5.82 Å². The van der Waals surface area contributed by atoms with E-state index in [1.807, 2.05) is 0 Å². The lowest BCUT2D eigenvalue weighted by atomic mass is 10.2. The van der Waals surface area contributed by atoms with Crippen molar-refractivity contribution in [2.24, 2.45) is 0 Å². The minimum atomic E-state index is -2.85. The van der Waals surface area contributed by atoms with Crippen LogP contribution in [0.2, 0.25) is 0 Å². The third-order valence-corrected chi connectivity index (χ3v) is 5.33. The molecule has 3 heterocycles. The molecule has 3 aromatic rings. The van der Waals surface area contributed by atoms with E-state index >= 15 is 0 Å². The lowest BCUT2D eigenvalue weighted by Gasteiger charge is -2.28. The molecule has 188 valence electrons. The Hall–Kier alpha value is -3.51. The van der Waals surface area contributed by atoms with Crippen LogP contribution in [0.25, 0.3) is 11.5 Å². The lowest BCUT2D eigenvalue weighted by molar-refractivity contribution is -0.120. The third kappa shape index (κ3) is 7.49. The number of carbonyl (C=O) groups is 1. The molecule has 12 heteroatoms. The highest BCUT2D eigenvalue weighted by Gasteiger charge is 2.17. The molecule has 0 radical (unpaired) electrons. The molecule has 0 N–H and O–H groups in total. The molecule has 1 aliphatic heterocycles. The van der Waals surface area contributed by atoms with Crippen molar-refractivity contribution < 1.29 is 27.1 Å². The van der Waals surface area contributed by atoms with Crippen molar-refractivity contribution in [3.63, 3.8) is 0 Å². The standard InChI is InChI=1S/C17H13F3N4O3.C6H14N2/c1-24(13-6-11(18)3-5-14(13)26-9-25)8-12-4-2-10(7-21-12)16-22-23-17(27-16)15(19)20;1-7-3-5-8(2)6-4-7/h2-7,9,15H,8H2,1H3;3-6H2,1-2H3. The summed E-state index contributed by atoms with van der Waals surface area (Å²) in [4.78, 5) is 21.2. The van der Waals surface area contributed by atoms with Crippen molar-refractivity contribution >= 4 is 12.2 Å². The van der Waals surface area contributed by atoms with Gasteiger partial charge in [-0.05, 0) is 38.4 Å². The number of aromatic nitrogens is 3. The van der Waals surface area contributed by atoms with Crippen molar-refractivity contribution in [2.45, 2.75) is 13.0 Å². The van der Waals surface area contributed by atoms with E-state index in [9.17, 15) is 18.0 Å². The Morgan fingerprint density at radius 2 is 1.80 bits per heavy atom. The van der Waals surface area contributed by atoms with Crippen LogP contribution in [-0.2, 0) is 11.3 Å². The summed E-state index contributed by atoms with van der Waals surface area (Å²) in [6.45, 7) is 5.46. The second-order valence-corrected chi connectivity index (χ2v) is 8.07. The van der Waals surface area contributed by atoms with Gasteiger partial charge in [0, 0.05) is 45.5 Å². The molecular formula is C23H27F3N6O3. The number of anilines is 1. The zero-order valence-corrected chi connectivity index (χ0v) is 19.7. The molecular weight excluding hydrogens is 465 g/mol. The monoisotopic (exact) mass is 492 g/mol. The van der Waals surface area contributed by atoms with Crippen molar-refractivity contribution in [3.8, 4) is 17.2 Å². The fourth-order valence-electron chi connectivity index (χ4n) is 3.26. The maximum absolute atomic E-state index is 13.5. The predicted octanol–water partition coefficient (Wildman–Crippen LogP) is 3.24. The summed E-state index contributed by atoms with van der Waals surface area (Å²) in [5.41, 5.74) is 1.35. The van der Waals surface area contributed by atoms with Gasteiger partial charge in [-0.25, -0.2) is 4.39 Å². The molecule has 0 amide bonds. The average molecular weight is 493 g/mol. The van der Waals surface area contributed by atoms with Crippen molar-refractivity contribution in [1.29, 1.82) is 0 Å². The minimum absolute atomic E-state index is 0.0653. The molecule has 35 heavy (non-hydrogen) atoms. The summed E-state index contributed by atoms with van der Waals surface area (Å²) in [6.07, 6.45) is -1.44. The molecule has 1 saturated heterocycles. The van der Waals surface area contributed by atoms with Gasteiger partial charge in [0.25, 0.3) is 12.4 Å². The number of nitrogens with zero attached hydrogens (tertiary/aromatic N) is 6. The number of hydrogen-bond donors (Lipinski definition) is 0. The van der Waals surface area contributed by atoms with Crippen LogP contribution >= 0.6 is 0 Å². The van der Waals surface area contributed by atoms with E-state index in [0.29, 0.717) is 16.9 Å². The maximum atomic E-state index is 13.5. The normalized spacial score (nSPS) is 14.4. The Labute approximate surface area is 201 Å². The van der Waals surface area contributed by atoms with E-state index in [0.717, 1.165) is 0 Å². The molecule has 0 saturated carbocycles. The third-order valence-electron chi connectivity index (χ3n) is 5.33. The second kappa shape index (κ2) is 12.3. The summed E-state index contributed by atoms with van der Waals surface area (Å²) < 4.78 is 48.2. The van der Waals surface area contributed by atoms with Crippen LogP contribution < -0.4 is 9.64 Å². The fourth-order valence-corrected chi connectivity index (χ4v) is 3.26. The summed E-state index contributed by atoms with van der Waals surface area (Å²) in [7, 11) is 6.02. The number of ether oxygens (including phenoxy) is 1. The molecule has 0 bridgehead atoms. The number of piperazine rings is 1. The molecule has 1 fully saturated rings. The first-order valence-electron chi connectivity index (χ1n) is 10.8. The average Bonchev–Trinajstić information content (AvgIpc) is 3.34. The van der Waals surface area contributed by atoms with Gasteiger partial charge in [0.2, 0.25) is 5.89 Å². The van der Waals surface area contributed by atoms with E-state index < -0.39 is 18.1 Å². The van der Waals surface area contributed by atoms with Crippen LogP contribution in [0.15, 0.2) is 40.9 Å². The quantitative estimate of drug-likeness (QED) is 0.461. The molecule has 4 rings (SSSR count). The molecule has 2 aromatic heterocycles. The number of likely N-dealkylation sites (N-methyl/N-ethyl adjacent to an activating group) is 2. The van der Waals surface area contributed by atoms with Crippen LogP contribution in [-0.4, -0.2) is 78.8 Å². The Morgan fingerprint density at radius 3 is 2.34 bits per heavy atom. The zero-order chi connectivity index (χ0) is 25.4. The first-order valence-corrected chi connectivity index (χ1v) is 10.8. The number of carbonyl (C=O) groups excluding carboxylic acids is 1. The number of halogens is 3. The van der Waals surface area contributed by atoms with E-state index in [-0.39, 0.29) is 24.7 Å². The van der Waals surface area contributed by atoms with Crippen LogP contribution in [0, 0.1) is 5.82 Å². The predicted molar refractivity (Wildman–Crippen MR) is 123 cm³/mol. The minimum Gasteiger partial charge on any atom is -0.427 e. The lowest BCUT2D eigenvalue weighted by Crippen LogP contribution is -2.42.